The van der Waals surface area contributed by atoms with E-state index < -0.39 is 0 Å². The van der Waals surface area contributed by atoms with Gasteiger partial charge in [0, 0.05) is 6.04 Å². The van der Waals surface area contributed by atoms with Crippen molar-refractivity contribution in [2.45, 2.75) is 65.3 Å². The van der Waals surface area contributed by atoms with Crippen LogP contribution in [-0.2, 0) is 0 Å². The second-order valence-corrected chi connectivity index (χ2v) is 6.06. The number of rotatable bonds is 10. The lowest BCUT2D eigenvalue weighted by Gasteiger charge is -2.17. The van der Waals surface area contributed by atoms with Crippen molar-refractivity contribution in [3.8, 4) is 0 Å². The van der Waals surface area contributed by atoms with Crippen molar-refractivity contribution in [3.63, 3.8) is 0 Å². The first-order chi connectivity index (χ1) is 9.63. The molecule has 0 heterocycles. The van der Waals surface area contributed by atoms with Gasteiger partial charge < -0.3 is 5.32 Å². The summed E-state index contributed by atoms with van der Waals surface area (Å²) in [6.07, 6.45) is 7.62. The summed E-state index contributed by atoms with van der Waals surface area (Å²) >= 11 is 0. The van der Waals surface area contributed by atoms with Gasteiger partial charge in [0.15, 0.2) is 0 Å². The number of unbranched alkanes of at least 4 members (excludes halogenated alkanes) is 3. The van der Waals surface area contributed by atoms with Crippen molar-refractivity contribution in [2.24, 2.45) is 5.92 Å². The highest BCUT2D eigenvalue weighted by Gasteiger charge is 2.07. The fourth-order valence-corrected chi connectivity index (χ4v) is 2.50. The second-order valence-electron chi connectivity index (χ2n) is 6.06. The summed E-state index contributed by atoms with van der Waals surface area (Å²) < 4.78 is 12.9. The van der Waals surface area contributed by atoms with E-state index in [1.54, 1.807) is 12.1 Å². The molecule has 0 aliphatic heterocycles. The van der Waals surface area contributed by atoms with Gasteiger partial charge in [0.25, 0.3) is 0 Å². The molecule has 2 heteroatoms. The molecule has 20 heavy (non-hydrogen) atoms. The molecule has 0 radical (unpaired) electrons. The maximum absolute atomic E-state index is 12.9. The van der Waals surface area contributed by atoms with Crippen LogP contribution < -0.4 is 5.32 Å². The van der Waals surface area contributed by atoms with E-state index in [0.29, 0.717) is 6.04 Å². The summed E-state index contributed by atoms with van der Waals surface area (Å²) in [7, 11) is 0. The summed E-state index contributed by atoms with van der Waals surface area (Å²) in [4.78, 5) is 0. The molecule has 0 amide bonds. The third-order valence-corrected chi connectivity index (χ3v) is 3.78. The molecule has 114 valence electrons. The molecule has 0 saturated heterocycles. The van der Waals surface area contributed by atoms with Crippen molar-refractivity contribution in [1.29, 1.82) is 0 Å². The number of benzene rings is 1. The Morgan fingerprint density at radius 3 is 2.25 bits per heavy atom. The Bertz CT molecular complexity index is 345. The van der Waals surface area contributed by atoms with E-state index >= 15 is 0 Å². The molecular weight excluding hydrogens is 249 g/mol. The molecule has 1 nitrogen and oxygen atoms in total. The van der Waals surface area contributed by atoms with E-state index in [2.05, 4.69) is 26.1 Å². The minimum Gasteiger partial charge on any atom is -0.310 e. The topological polar surface area (TPSA) is 12.0 Å². The van der Waals surface area contributed by atoms with Gasteiger partial charge in [-0.1, -0.05) is 58.6 Å². The molecule has 0 bridgehead atoms. The van der Waals surface area contributed by atoms with E-state index in [4.69, 9.17) is 0 Å². The van der Waals surface area contributed by atoms with E-state index in [-0.39, 0.29) is 5.82 Å². The summed E-state index contributed by atoms with van der Waals surface area (Å²) in [5, 5.41) is 3.58. The van der Waals surface area contributed by atoms with Crippen LogP contribution in [0.1, 0.15) is 70.9 Å². The number of hydrogen-bond acceptors (Lipinski definition) is 1. The van der Waals surface area contributed by atoms with Gasteiger partial charge in [-0.2, -0.15) is 0 Å². The van der Waals surface area contributed by atoms with Crippen molar-refractivity contribution in [2.75, 3.05) is 6.54 Å². The Labute approximate surface area is 124 Å². The molecule has 1 aromatic carbocycles. The molecule has 1 atom stereocenters. The molecule has 0 aliphatic carbocycles. The molecule has 0 unspecified atom stereocenters. The average Bonchev–Trinajstić information content (AvgIpc) is 2.43. The molecule has 1 aromatic rings. The van der Waals surface area contributed by atoms with Gasteiger partial charge in [0.05, 0.1) is 0 Å². The first-order valence-corrected chi connectivity index (χ1v) is 8.12. The summed E-state index contributed by atoms with van der Waals surface area (Å²) in [6.45, 7) is 7.80. The fraction of sp³-hybridized carbons (Fsp3) is 0.667. The average molecular weight is 279 g/mol. The normalized spacial score (nSPS) is 12.8. The maximum Gasteiger partial charge on any atom is 0.123 e. The highest BCUT2D eigenvalue weighted by molar-refractivity contribution is 5.19. The van der Waals surface area contributed by atoms with Crippen LogP contribution in [0.25, 0.3) is 0 Å². The Morgan fingerprint density at radius 2 is 1.65 bits per heavy atom. The van der Waals surface area contributed by atoms with Crippen LogP contribution in [0.15, 0.2) is 24.3 Å². The van der Waals surface area contributed by atoms with Crippen molar-refractivity contribution in [1.82, 2.24) is 5.32 Å². The first-order valence-electron chi connectivity index (χ1n) is 8.12. The van der Waals surface area contributed by atoms with Gasteiger partial charge in [-0.05, 0) is 43.0 Å². The quantitative estimate of drug-likeness (QED) is 0.560. The summed E-state index contributed by atoms with van der Waals surface area (Å²) in [5.74, 6) is 0.671. The lowest BCUT2D eigenvalue weighted by atomic mass is 10.0. The van der Waals surface area contributed by atoms with Crippen LogP contribution in [0.3, 0.4) is 0 Å². The fourth-order valence-electron chi connectivity index (χ4n) is 2.50. The zero-order valence-corrected chi connectivity index (χ0v) is 13.3. The minimum atomic E-state index is -0.159. The Hall–Kier alpha value is -0.890. The number of halogens is 1. The van der Waals surface area contributed by atoms with Gasteiger partial charge >= 0.3 is 0 Å². The largest absolute Gasteiger partial charge is 0.310 e. The molecule has 0 aromatic heterocycles. The molecule has 0 saturated carbocycles. The van der Waals surface area contributed by atoms with Crippen molar-refractivity contribution >= 4 is 0 Å². The Kier molecular flexibility index (Phi) is 8.52. The van der Waals surface area contributed by atoms with E-state index in [1.165, 1.54) is 37.7 Å². The van der Waals surface area contributed by atoms with Gasteiger partial charge in [-0.25, -0.2) is 4.39 Å². The maximum atomic E-state index is 12.9. The lowest BCUT2D eigenvalue weighted by Crippen LogP contribution is -2.21. The van der Waals surface area contributed by atoms with Crippen LogP contribution >= 0.6 is 0 Å². The summed E-state index contributed by atoms with van der Waals surface area (Å²) in [6, 6.07) is 7.22. The lowest BCUT2D eigenvalue weighted by molar-refractivity contribution is 0.480. The third kappa shape index (κ3) is 7.04. The standard InChI is InChI=1S/C18H30FN/c1-4-18(16-10-12-17(19)13-11-16)20-14-8-6-5-7-9-15(2)3/h10-13,15,18,20H,4-9,14H2,1-3H3/t18-/m1/s1. The van der Waals surface area contributed by atoms with Gasteiger partial charge in [-0.15, -0.1) is 0 Å². The van der Waals surface area contributed by atoms with Crippen LogP contribution in [-0.4, -0.2) is 6.54 Å². The second kappa shape index (κ2) is 9.93. The SMILES string of the molecule is CC[C@@H](NCCCCCCC(C)C)c1ccc(F)cc1. The smallest absolute Gasteiger partial charge is 0.123 e. The highest BCUT2D eigenvalue weighted by Crippen LogP contribution is 2.17. The molecule has 0 aliphatic rings. The Balaban J connectivity index is 2.17. The molecule has 1 N–H and O–H groups in total. The number of hydrogen-bond donors (Lipinski definition) is 1. The van der Waals surface area contributed by atoms with Crippen LogP contribution in [0, 0.1) is 11.7 Å². The third-order valence-electron chi connectivity index (χ3n) is 3.78. The number of nitrogens with one attached hydrogen (secondary N) is 1. The molecule has 0 fully saturated rings. The Morgan fingerprint density at radius 1 is 1.00 bits per heavy atom. The van der Waals surface area contributed by atoms with E-state index in [0.717, 1.165) is 18.9 Å². The van der Waals surface area contributed by atoms with Crippen LogP contribution in [0.4, 0.5) is 4.39 Å². The molecule has 0 spiro atoms. The minimum absolute atomic E-state index is 0.159. The predicted octanol–water partition coefficient (Wildman–Crippen LogP) is 5.47. The van der Waals surface area contributed by atoms with E-state index in [1.807, 2.05) is 12.1 Å². The first kappa shape index (κ1) is 17.2. The van der Waals surface area contributed by atoms with Crippen molar-refractivity contribution in [3.05, 3.63) is 35.6 Å². The van der Waals surface area contributed by atoms with Gasteiger partial charge in [0.2, 0.25) is 0 Å². The molecular formula is C18H30FN. The monoisotopic (exact) mass is 279 g/mol. The summed E-state index contributed by atoms with van der Waals surface area (Å²) in [5.41, 5.74) is 1.19. The molecule has 1 rings (SSSR count). The highest BCUT2D eigenvalue weighted by atomic mass is 19.1. The van der Waals surface area contributed by atoms with Crippen LogP contribution in [0.2, 0.25) is 0 Å². The van der Waals surface area contributed by atoms with Crippen molar-refractivity contribution < 1.29 is 4.39 Å². The van der Waals surface area contributed by atoms with Gasteiger partial charge in [0.1, 0.15) is 5.82 Å². The predicted molar refractivity (Wildman–Crippen MR) is 85.4 cm³/mol. The van der Waals surface area contributed by atoms with E-state index in [9.17, 15) is 4.39 Å². The zero-order valence-electron chi connectivity index (χ0n) is 13.3. The zero-order chi connectivity index (χ0) is 14.8. The van der Waals surface area contributed by atoms with Gasteiger partial charge in [-0.3, -0.25) is 0 Å². The van der Waals surface area contributed by atoms with Crippen LogP contribution in [0.5, 0.6) is 0 Å².